The van der Waals surface area contributed by atoms with E-state index in [9.17, 15) is 9.59 Å². The zero-order chi connectivity index (χ0) is 19.8. The molecule has 0 spiro atoms. The second-order valence-corrected chi connectivity index (χ2v) is 6.90. The van der Waals surface area contributed by atoms with Gasteiger partial charge in [0.2, 0.25) is 5.91 Å². The molecule has 3 rings (SSSR count). The number of ether oxygens (including phenoxy) is 1. The number of amides is 3. The van der Waals surface area contributed by atoms with Gasteiger partial charge in [0.25, 0.3) is 0 Å². The van der Waals surface area contributed by atoms with Gasteiger partial charge < -0.3 is 20.3 Å². The second kappa shape index (κ2) is 9.78. The number of anilines is 1. The number of benzene rings is 2. The van der Waals surface area contributed by atoms with Gasteiger partial charge in [-0.25, -0.2) is 4.79 Å². The number of urea groups is 1. The van der Waals surface area contributed by atoms with E-state index in [-0.39, 0.29) is 24.5 Å². The lowest BCUT2D eigenvalue weighted by atomic mass is 10.0. The number of hydrogen-bond acceptors (Lipinski definition) is 3. The molecule has 28 heavy (non-hydrogen) atoms. The Morgan fingerprint density at radius 3 is 2.50 bits per heavy atom. The molecule has 0 bridgehead atoms. The van der Waals surface area contributed by atoms with Crippen LogP contribution in [0, 0.1) is 0 Å². The van der Waals surface area contributed by atoms with Crippen LogP contribution in [0.2, 0.25) is 0 Å². The highest BCUT2D eigenvalue weighted by molar-refractivity contribution is 5.92. The first-order valence-electron chi connectivity index (χ1n) is 9.70. The van der Waals surface area contributed by atoms with Gasteiger partial charge >= 0.3 is 6.03 Å². The van der Waals surface area contributed by atoms with Crippen LogP contribution < -0.4 is 15.4 Å². The van der Waals surface area contributed by atoms with Gasteiger partial charge in [-0.15, -0.1) is 0 Å². The van der Waals surface area contributed by atoms with E-state index in [0.717, 1.165) is 37.0 Å². The Kier molecular flexibility index (Phi) is 6.89. The van der Waals surface area contributed by atoms with Crippen LogP contribution in [0.3, 0.4) is 0 Å². The summed E-state index contributed by atoms with van der Waals surface area (Å²) in [7, 11) is 1.64. The molecule has 1 aliphatic rings. The van der Waals surface area contributed by atoms with Gasteiger partial charge in [-0.3, -0.25) is 4.79 Å². The summed E-state index contributed by atoms with van der Waals surface area (Å²) in [5.74, 6) is 0.737. The van der Waals surface area contributed by atoms with Crippen molar-refractivity contribution in [3.63, 3.8) is 0 Å². The van der Waals surface area contributed by atoms with E-state index in [4.69, 9.17) is 4.74 Å². The molecule has 1 aliphatic heterocycles. The zero-order valence-electron chi connectivity index (χ0n) is 16.2. The summed E-state index contributed by atoms with van der Waals surface area (Å²) in [5.41, 5.74) is 1.79. The summed E-state index contributed by atoms with van der Waals surface area (Å²) in [6.45, 7) is 0.683. The molecular formula is C22H27N3O3. The average molecular weight is 381 g/mol. The Labute approximate surface area is 165 Å². The summed E-state index contributed by atoms with van der Waals surface area (Å²) in [4.78, 5) is 26.9. The molecule has 3 amide bonds. The Morgan fingerprint density at radius 1 is 1.04 bits per heavy atom. The summed E-state index contributed by atoms with van der Waals surface area (Å²) in [6.07, 6.45) is 4.10. The third-order valence-electron chi connectivity index (χ3n) is 5.01. The summed E-state index contributed by atoms with van der Waals surface area (Å²) < 4.78 is 5.23. The molecule has 2 aromatic rings. The van der Waals surface area contributed by atoms with Gasteiger partial charge in [-0.05, 0) is 42.7 Å². The van der Waals surface area contributed by atoms with Crippen LogP contribution in [0.15, 0.2) is 54.6 Å². The van der Waals surface area contributed by atoms with Crippen LogP contribution in [-0.4, -0.2) is 37.0 Å². The van der Waals surface area contributed by atoms with E-state index in [0.29, 0.717) is 12.2 Å². The first-order valence-corrected chi connectivity index (χ1v) is 9.70. The Morgan fingerprint density at radius 2 is 1.79 bits per heavy atom. The van der Waals surface area contributed by atoms with E-state index in [1.165, 1.54) is 0 Å². The first kappa shape index (κ1) is 19.7. The SMILES string of the molecule is COc1ccc([C@H]2CCCCCN2C(=O)CNC(=O)Nc2ccccc2)cc1. The monoisotopic (exact) mass is 381 g/mol. The zero-order valence-corrected chi connectivity index (χ0v) is 16.2. The molecule has 0 aromatic heterocycles. The molecule has 6 nitrogen and oxygen atoms in total. The van der Waals surface area contributed by atoms with Crippen molar-refractivity contribution in [3.8, 4) is 5.75 Å². The van der Waals surface area contributed by atoms with E-state index < -0.39 is 0 Å². The third kappa shape index (κ3) is 5.25. The van der Waals surface area contributed by atoms with Crippen molar-refractivity contribution in [2.45, 2.75) is 31.7 Å². The maximum atomic E-state index is 12.9. The molecule has 0 aliphatic carbocycles. The number of methoxy groups -OCH3 is 1. The topological polar surface area (TPSA) is 70.7 Å². The van der Waals surface area contributed by atoms with Crippen LogP contribution >= 0.6 is 0 Å². The minimum Gasteiger partial charge on any atom is -0.497 e. The fourth-order valence-corrected chi connectivity index (χ4v) is 3.53. The highest BCUT2D eigenvalue weighted by Gasteiger charge is 2.26. The van der Waals surface area contributed by atoms with E-state index in [2.05, 4.69) is 10.6 Å². The maximum absolute atomic E-state index is 12.9. The van der Waals surface area contributed by atoms with E-state index in [1.54, 1.807) is 19.2 Å². The molecule has 6 heteroatoms. The Balaban J connectivity index is 1.62. The van der Waals surface area contributed by atoms with Crippen molar-refractivity contribution in [1.82, 2.24) is 10.2 Å². The van der Waals surface area contributed by atoms with Gasteiger partial charge in [0, 0.05) is 12.2 Å². The predicted molar refractivity (Wildman–Crippen MR) is 109 cm³/mol. The molecular weight excluding hydrogens is 354 g/mol. The normalized spacial score (nSPS) is 16.8. The van der Waals surface area contributed by atoms with Gasteiger partial charge in [0.1, 0.15) is 5.75 Å². The molecule has 0 unspecified atom stereocenters. The minimum absolute atomic E-state index is 0.0225. The molecule has 2 N–H and O–H groups in total. The lowest BCUT2D eigenvalue weighted by Gasteiger charge is -2.30. The van der Waals surface area contributed by atoms with Crippen molar-refractivity contribution < 1.29 is 14.3 Å². The molecule has 1 atom stereocenters. The Bertz CT molecular complexity index is 777. The highest BCUT2D eigenvalue weighted by atomic mass is 16.5. The average Bonchev–Trinajstić information content (AvgIpc) is 2.99. The molecule has 0 saturated carbocycles. The number of carbonyl (C=O) groups is 2. The number of para-hydroxylation sites is 1. The largest absolute Gasteiger partial charge is 0.497 e. The number of nitrogens with one attached hydrogen (secondary N) is 2. The van der Waals surface area contributed by atoms with Crippen LogP contribution in [0.4, 0.5) is 10.5 Å². The van der Waals surface area contributed by atoms with Crippen molar-refractivity contribution in [2.75, 3.05) is 25.5 Å². The number of carbonyl (C=O) groups excluding carboxylic acids is 2. The van der Waals surface area contributed by atoms with Crippen LogP contribution in [0.5, 0.6) is 5.75 Å². The molecule has 2 aromatic carbocycles. The number of hydrogen-bond donors (Lipinski definition) is 2. The quantitative estimate of drug-likeness (QED) is 0.824. The minimum atomic E-state index is -0.379. The molecule has 0 radical (unpaired) electrons. The van der Waals surface area contributed by atoms with Gasteiger partial charge in [-0.1, -0.05) is 43.2 Å². The summed E-state index contributed by atoms with van der Waals surface area (Å²) in [5, 5.41) is 5.41. The lowest BCUT2D eigenvalue weighted by molar-refractivity contribution is -0.132. The van der Waals surface area contributed by atoms with Crippen LogP contribution in [0.25, 0.3) is 0 Å². The molecule has 1 saturated heterocycles. The molecule has 148 valence electrons. The number of nitrogens with zero attached hydrogens (tertiary/aromatic N) is 1. The standard InChI is InChI=1S/C22H27N3O3/c1-28-19-13-11-17(12-14-19)20-10-6-3-7-15-25(20)21(26)16-23-22(27)24-18-8-4-2-5-9-18/h2,4-5,8-9,11-14,20H,3,6-7,10,15-16H2,1H3,(H2,23,24,27)/t20-/m1/s1. The van der Waals surface area contributed by atoms with Crippen LogP contribution in [0.1, 0.15) is 37.3 Å². The molecule has 1 fully saturated rings. The first-order chi connectivity index (χ1) is 13.7. The van der Waals surface area contributed by atoms with Gasteiger partial charge in [0.05, 0.1) is 19.7 Å². The van der Waals surface area contributed by atoms with Crippen molar-refractivity contribution in [2.24, 2.45) is 0 Å². The van der Waals surface area contributed by atoms with Crippen molar-refractivity contribution in [3.05, 3.63) is 60.2 Å². The second-order valence-electron chi connectivity index (χ2n) is 6.90. The van der Waals surface area contributed by atoms with Gasteiger partial charge in [-0.2, -0.15) is 0 Å². The maximum Gasteiger partial charge on any atom is 0.319 e. The summed E-state index contributed by atoms with van der Waals surface area (Å²) >= 11 is 0. The Hall–Kier alpha value is -3.02. The molecule has 1 heterocycles. The van der Waals surface area contributed by atoms with Crippen molar-refractivity contribution >= 4 is 17.6 Å². The summed E-state index contributed by atoms with van der Waals surface area (Å²) in [6, 6.07) is 16.7. The smallest absolute Gasteiger partial charge is 0.319 e. The number of likely N-dealkylation sites (tertiary alicyclic amines) is 1. The number of rotatable bonds is 5. The van der Waals surface area contributed by atoms with Crippen molar-refractivity contribution in [1.29, 1.82) is 0 Å². The third-order valence-corrected chi connectivity index (χ3v) is 5.01. The fourth-order valence-electron chi connectivity index (χ4n) is 3.53. The predicted octanol–water partition coefficient (Wildman–Crippen LogP) is 3.96. The fraction of sp³-hybridized carbons (Fsp3) is 0.364. The van der Waals surface area contributed by atoms with Crippen LogP contribution in [-0.2, 0) is 4.79 Å². The van der Waals surface area contributed by atoms with E-state index >= 15 is 0 Å². The van der Waals surface area contributed by atoms with Gasteiger partial charge in [0.15, 0.2) is 0 Å². The van der Waals surface area contributed by atoms with E-state index in [1.807, 2.05) is 47.4 Å². The lowest BCUT2D eigenvalue weighted by Crippen LogP contribution is -2.43. The highest BCUT2D eigenvalue weighted by Crippen LogP contribution is 2.31.